The molecule has 0 aliphatic carbocycles. The van der Waals surface area contributed by atoms with Crippen molar-refractivity contribution in [2.75, 3.05) is 11.9 Å². The van der Waals surface area contributed by atoms with E-state index in [4.69, 9.17) is 5.73 Å². The van der Waals surface area contributed by atoms with Crippen molar-refractivity contribution in [1.82, 2.24) is 5.32 Å². The van der Waals surface area contributed by atoms with Gasteiger partial charge in [0, 0.05) is 25.2 Å². The van der Waals surface area contributed by atoms with Gasteiger partial charge in [-0.3, -0.25) is 9.59 Å². The van der Waals surface area contributed by atoms with E-state index in [1.165, 1.54) is 6.92 Å². The number of rotatable bonds is 7. The molecule has 5 heteroatoms. The Morgan fingerprint density at radius 3 is 2.28 bits per heavy atom. The van der Waals surface area contributed by atoms with Crippen LogP contribution in [0.3, 0.4) is 0 Å². The van der Waals surface area contributed by atoms with Crippen LogP contribution in [0.1, 0.15) is 31.0 Å². The van der Waals surface area contributed by atoms with Crippen molar-refractivity contribution in [3.8, 4) is 0 Å². The maximum atomic E-state index is 12.3. The fourth-order valence-corrected chi connectivity index (χ4v) is 2.58. The fraction of sp³-hybridized carbons (Fsp3) is 0.300. The normalized spacial score (nSPS) is 12.9. The molecule has 2 atom stereocenters. The van der Waals surface area contributed by atoms with Crippen molar-refractivity contribution in [3.63, 3.8) is 0 Å². The molecule has 2 amide bonds. The summed E-state index contributed by atoms with van der Waals surface area (Å²) in [6.07, 6.45) is 0.722. The van der Waals surface area contributed by atoms with E-state index >= 15 is 0 Å². The molecule has 2 aromatic rings. The van der Waals surface area contributed by atoms with Crippen molar-refractivity contribution in [2.45, 2.75) is 26.3 Å². The molecule has 2 rings (SSSR count). The quantitative estimate of drug-likeness (QED) is 0.725. The lowest BCUT2D eigenvalue weighted by Gasteiger charge is -2.19. The molecule has 0 radical (unpaired) electrons. The minimum atomic E-state index is -0.321. The third-order valence-electron chi connectivity index (χ3n) is 4.12. The van der Waals surface area contributed by atoms with Crippen LogP contribution in [0.4, 0.5) is 5.69 Å². The van der Waals surface area contributed by atoms with Gasteiger partial charge in [-0.05, 0) is 29.7 Å². The highest BCUT2D eigenvalue weighted by molar-refractivity contribution is 5.88. The van der Waals surface area contributed by atoms with Gasteiger partial charge in [0.2, 0.25) is 11.8 Å². The predicted molar refractivity (Wildman–Crippen MR) is 100.0 cm³/mol. The van der Waals surface area contributed by atoms with Crippen molar-refractivity contribution in [3.05, 3.63) is 65.7 Å². The van der Waals surface area contributed by atoms with Crippen molar-refractivity contribution < 1.29 is 9.59 Å². The second kappa shape index (κ2) is 8.99. The molecule has 0 saturated heterocycles. The molecule has 0 heterocycles. The molecule has 2 unspecified atom stereocenters. The van der Waals surface area contributed by atoms with Crippen LogP contribution in [0.5, 0.6) is 0 Å². The lowest BCUT2D eigenvalue weighted by Crippen LogP contribution is -2.36. The molecule has 0 fully saturated rings. The Hall–Kier alpha value is -2.66. The highest BCUT2D eigenvalue weighted by Crippen LogP contribution is 2.19. The van der Waals surface area contributed by atoms with Crippen LogP contribution < -0.4 is 16.4 Å². The van der Waals surface area contributed by atoms with E-state index < -0.39 is 0 Å². The number of carbonyl (C=O) groups excluding carboxylic acids is 2. The monoisotopic (exact) mass is 339 g/mol. The largest absolute Gasteiger partial charge is 0.355 e. The highest BCUT2D eigenvalue weighted by atomic mass is 16.2. The van der Waals surface area contributed by atoms with Crippen LogP contribution in [-0.2, 0) is 16.0 Å². The smallest absolute Gasteiger partial charge is 0.224 e. The van der Waals surface area contributed by atoms with Crippen LogP contribution >= 0.6 is 0 Å². The molecule has 0 spiro atoms. The Morgan fingerprint density at radius 1 is 1.04 bits per heavy atom. The maximum absolute atomic E-state index is 12.3. The first-order valence-electron chi connectivity index (χ1n) is 8.42. The number of nitrogens with two attached hydrogens (primary N) is 1. The summed E-state index contributed by atoms with van der Waals surface area (Å²) >= 11 is 0. The Kier molecular flexibility index (Phi) is 6.71. The number of hydrogen-bond donors (Lipinski definition) is 3. The summed E-state index contributed by atoms with van der Waals surface area (Å²) in [5.41, 5.74) is 9.00. The summed E-state index contributed by atoms with van der Waals surface area (Å²) < 4.78 is 0. The average Bonchev–Trinajstić information content (AvgIpc) is 2.62. The standard InChI is InChI=1S/C20H25N3O2/c1-14(19(21)17-6-4-3-5-7-17)20(25)22-13-12-16-8-10-18(11-9-16)23-15(2)24/h3-11,14,19H,12-13,21H2,1-2H3,(H,22,25)(H,23,24). The van der Waals surface area contributed by atoms with Crippen LogP contribution in [0, 0.1) is 5.92 Å². The Labute approximate surface area is 148 Å². The number of carbonyl (C=O) groups is 2. The van der Waals surface area contributed by atoms with Gasteiger partial charge in [-0.2, -0.15) is 0 Å². The van der Waals surface area contributed by atoms with Gasteiger partial charge in [-0.15, -0.1) is 0 Å². The van der Waals surface area contributed by atoms with E-state index in [9.17, 15) is 9.59 Å². The van der Waals surface area contributed by atoms with Crippen molar-refractivity contribution in [1.29, 1.82) is 0 Å². The molecule has 25 heavy (non-hydrogen) atoms. The van der Waals surface area contributed by atoms with Crippen molar-refractivity contribution in [2.24, 2.45) is 11.7 Å². The molecule has 0 aliphatic heterocycles. The Morgan fingerprint density at radius 2 is 1.68 bits per heavy atom. The van der Waals surface area contributed by atoms with Crippen LogP contribution in [0.25, 0.3) is 0 Å². The molecule has 0 aliphatic rings. The first-order chi connectivity index (χ1) is 12.0. The van der Waals surface area contributed by atoms with E-state index in [-0.39, 0.29) is 23.8 Å². The lowest BCUT2D eigenvalue weighted by atomic mass is 9.94. The van der Waals surface area contributed by atoms with Gasteiger partial charge in [0.05, 0.1) is 5.92 Å². The molecular weight excluding hydrogens is 314 g/mol. The molecule has 5 nitrogen and oxygen atoms in total. The SMILES string of the molecule is CC(=O)Nc1ccc(CCNC(=O)C(C)C(N)c2ccccc2)cc1. The average molecular weight is 339 g/mol. The number of benzene rings is 2. The molecule has 0 saturated carbocycles. The Balaban J connectivity index is 1.80. The lowest BCUT2D eigenvalue weighted by molar-refractivity contribution is -0.125. The topological polar surface area (TPSA) is 84.2 Å². The number of hydrogen-bond acceptors (Lipinski definition) is 3. The zero-order valence-corrected chi connectivity index (χ0v) is 14.7. The van der Waals surface area contributed by atoms with Crippen LogP contribution in [0.15, 0.2) is 54.6 Å². The number of nitrogens with one attached hydrogen (secondary N) is 2. The van der Waals surface area contributed by atoms with Gasteiger partial charge in [-0.1, -0.05) is 49.4 Å². The molecular formula is C20H25N3O2. The third kappa shape index (κ3) is 5.72. The number of amides is 2. The fourth-order valence-electron chi connectivity index (χ4n) is 2.58. The number of anilines is 1. The second-order valence-electron chi connectivity index (χ2n) is 6.14. The summed E-state index contributed by atoms with van der Waals surface area (Å²) in [7, 11) is 0. The van der Waals surface area contributed by atoms with E-state index in [0.29, 0.717) is 6.54 Å². The van der Waals surface area contributed by atoms with Crippen LogP contribution in [-0.4, -0.2) is 18.4 Å². The van der Waals surface area contributed by atoms with E-state index in [0.717, 1.165) is 23.2 Å². The summed E-state index contributed by atoms with van der Waals surface area (Å²) in [6, 6.07) is 16.9. The van der Waals surface area contributed by atoms with Gasteiger partial charge in [0.15, 0.2) is 0 Å². The van der Waals surface area contributed by atoms with E-state index in [2.05, 4.69) is 10.6 Å². The predicted octanol–water partition coefficient (Wildman–Crippen LogP) is 2.64. The summed E-state index contributed by atoms with van der Waals surface area (Å²) in [5.74, 6) is -0.445. The molecule has 0 bridgehead atoms. The minimum absolute atomic E-state index is 0.0498. The summed E-state index contributed by atoms with van der Waals surface area (Å²) in [4.78, 5) is 23.3. The van der Waals surface area contributed by atoms with Gasteiger partial charge in [0.25, 0.3) is 0 Å². The molecule has 132 valence electrons. The molecule has 0 aromatic heterocycles. The van der Waals surface area contributed by atoms with Gasteiger partial charge >= 0.3 is 0 Å². The molecule has 4 N–H and O–H groups in total. The second-order valence-corrected chi connectivity index (χ2v) is 6.14. The minimum Gasteiger partial charge on any atom is -0.355 e. The van der Waals surface area contributed by atoms with E-state index in [1.807, 2.05) is 61.5 Å². The molecule has 2 aromatic carbocycles. The van der Waals surface area contributed by atoms with Gasteiger partial charge in [-0.25, -0.2) is 0 Å². The van der Waals surface area contributed by atoms with Crippen molar-refractivity contribution >= 4 is 17.5 Å². The van der Waals surface area contributed by atoms with E-state index in [1.54, 1.807) is 0 Å². The summed E-state index contributed by atoms with van der Waals surface area (Å²) in [6.45, 7) is 3.87. The Bertz CT molecular complexity index is 699. The zero-order valence-electron chi connectivity index (χ0n) is 14.7. The third-order valence-corrected chi connectivity index (χ3v) is 4.12. The maximum Gasteiger partial charge on any atom is 0.224 e. The first-order valence-corrected chi connectivity index (χ1v) is 8.42. The van der Waals surface area contributed by atoms with Gasteiger partial charge < -0.3 is 16.4 Å². The van der Waals surface area contributed by atoms with Gasteiger partial charge in [0.1, 0.15) is 0 Å². The first kappa shape index (κ1) is 18.7. The highest BCUT2D eigenvalue weighted by Gasteiger charge is 2.21. The summed E-state index contributed by atoms with van der Waals surface area (Å²) in [5, 5.41) is 5.67. The van der Waals surface area contributed by atoms with Crippen LogP contribution in [0.2, 0.25) is 0 Å². The zero-order chi connectivity index (χ0) is 18.2.